The number of ether oxygens (including phenoxy) is 3. The van der Waals surface area contributed by atoms with Crippen LogP contribution in [0.15, 0.2) is 35.9 Å². The number of hydrogen-bond donors (Lipinski definition) is 0. The fourth-order valence-corrected chi connectivity index (χ4v) is 3.15. The number of benzene rings is 1. The lowest BCUT2D eigenvalue weighted by molar-refractivity contribution is -0.384. The summed E-state index contributed by atoms with van der Waals surface area (Å²) >= 11 is 0. The number of carbonyl (C=O) groups is 4. The molecule has 0 atom stereocenters. The van der Waals surface area contributed by atoms with Gasteiger partial charge in [-0.2, -0.15) is 0 Å². The Morgan fingerprint density at radius 2 is 1.81 bits per heavy atom. The zero-order chi connectivity index (χ0) is 22.9. The van der Waals surface area contributed by atoms with Gasteiger partial charge in [0.05, 0.1) is 28.9 Å². The zero-order valence-electron chi connectivity index (χ0n) is 16.7. The molecule has 11 heteroatoms. The van der Waals surface area contributed by atoms with E-state index in [2.05, 4.69) is 0 Å². The third kappa shape index (κ3) is 3.92. The first kappa shape index (κ1) is 21.4. The van der Waals surface area contributed by atoms with Gasteiger partial charge in [-0.15, -0.1) is 0 Å². The molecule has 160 valence electrons. The summed E-state index contributed by atoms with van der Waals surface area (Å²) in [6, 6.07) is 4.73. The maximum atomic E-state index is 12.6. The summed E-state index contributed by atoms with van der Waals surface area (Å²) in [5, 5.41) is 10.7. The Morgan fingerprint density at radius 3 is 2.39 bits per heavy atom. The molecule has 3 rings (SSSR count). The van der Waals surface area contributed by atoms with Crippen LogP contribution >= 0.6 is 0 Å². The third-order valence-electron chi connectivity index (χ3n) is 4.65. The molecule has 1 heterocycles. The average molecular weight is 428 g/mol. The van der Waals surface area contributed by atoms with E-state index in [1.54, 1.807) is 0 Å². The van der Waals surface area contributed by atoms with Crippen molar-refractivity contribution in [1.82, 2.24) is 4.57 Å². The Balaban J connectivity index is 1.85. The fraction of sp³-hybridized carbons (Fsp3) is 0.200. The van der Waals surface area contributed by atoms with Crippen molar-refractivity contribution in [3.63, 3.8) is 0 Å². The van der Waals surface area contributed by atoms with Crippen LogP contribution in [0.25, 0.3) is 0 Å². The molecule has 11 nitrogen and oxygen atoms in total. The number of aromatic nitrogens is 1. The van der Waals surface area contributed by atoms with Crippen LogP contribution in [0, 0.1) is 10.1 Å². The minimum Gasteiger partial charge on any atom is -0.465 e. The summed E-state index contributed by atoms with van der Waals surface area (Å²) in [6.07, 6.45) is 0.00922. The normalized spacial score (nSPS) is 12.7. The molecule has 1 aromatic carbocycles. The van der Waals surface area contributed by atoms with Crippen molar-refractivity contribution in [2.45, 2.75) is 13.5 Å². The number of Topliss-reactive ketones (excluding diaryl/α,β-unsaturated/α-hetero) is 1. The van der Waals surface area contributed by atoms with Crippen LogP contribution in [0.3, 0.4) is 0 Å². The monoisotopic (exact) mass is 428 g/mol. The SMILES string of the molecule is COC(=O)c1c2c(n(C)c1COC(=O)Oc1ccc([N+](=O)[O-])cc1)C(=O)C=C(C)C2=O. The zero-order valence-corrected chi connectivity index (χ0v) is 16.7. The van der Waals surface area contributed by atoms with Crippen molar-refractivity contribution in [3.05, 3.63) is 68.5 Å². The predicted molar refractivity (Wildman–Crippen MR) is 103 cm³/mol. The van der Waals surface area contributed by atoms with E-state index in [1.165, 1.54) is 36.7 Å². The summed E-state index contributed by atoms with van der Waals surface area (Å²) in [6.45, 7) is 0.953. The number of nitro groups is 1. The number of non-ortho nitro benzene ring substituents is 1. The van der Waals surface area contributed by atoms with Crippen molar-refractivity contribution in [3.8, 4) is 5.75 Å². The number of ketones is 2. The van der Waals surface area contributed by atoms with E-state index in [4.69, 9.17) is 14.2 Å². The highest BCUT2D eigenvalue weighted by molar-refractivity contribution is 6.27. The summed E-state index contributed by atoms with van der Waals surface area (Å²) in [5.41, 5.74) is -0.245. The fourth-order valence-electron chi connectivity index (χ4n) is 3.15. The number of esters is 1. The second-order valence-electron chi connectivity index (χ2n) is 6.51. The molecular formula is C20H16N2O9. The molecule has 31 heavy (non-hydrogen) atoms. The largest absolute Gasteiger partial charge is 0.514 e. The van der Waals surface area contributed by atoms with E-state index in [1.807, 2.05) is 0 Å². The van der Waals surface area contributed by atoms with E-state index in [0.717, 1.165) is 19.2 Å². The van der Waals surface area contributed by atoms with E-state index in [0.29, 0.717) is 0 Å². The lowest BCUT2D eigenvalue weighted by atomic mass is 9.92. The van der Waals surface area contributed by atoms with E-state index in [-0.39, 0.29) is 39.5 Å². The van der Waals surface area contributed by atoms with Crippen LogP contribution in [0.5, 0.6) is 5.75 Å². The Bertz CT molecular complexity index is 1160. The van der Waals surface area contributed by atoms with Gasteiger partial charge in [-0.05, 0) is 25.1 Å². The number of hydrogen-bond acceptors (Lipinski definition) is 9. The number of allylic oxidation sites excluding steroid dienone is 2. The number of carbonyl (C=O) groups excluding carboxylic acids is 4. The first-order valence-electron chi connectivity index (χ1n) is 8.82. The van der Waals surface area contributed by atoms with Crippen LogP contribution in [0.4, 0.5) is 10.5 Å². The third-order valence-corrected chi connectivity index (χ3v) is 4.65. The summed E-state index contributed by atoms with van der Waals surface area (Å²) in [4.78, 5) is 59.5. The van der Waals surface area contributed by atoms with Crippen LogP contribution in [0.2, 0.25) is 0 Å². The number of rotatable bonds is 5. The van der Waals surface area contributed by atoms with Crippen molar-refractivity contribution in [1.29, 1.82) is 0 Å². The van der Waals surface area contributed by atoms with Crippen LogP contribution < -0.4 is 4.74 Å². The lowest BCUT2D eigenvalue weighted by Crippen LogP contribution is -2.19. The van der Waals surface area contributed by atoms with Gasteiger partial charge in [0.25, 0.3) is 5.69 Å². The molecular weight excluding hydrogens is 412 g/mol. The molecule has 2 aromatic rings. The molecule has 1 aliphatic rings. The Kier molecular flexibility index (Phi) is 5.68. The number of nitrogens with zero attached hydrogens (tertiary/aromatic N) is 2. The van der Waals surface area contributed by atoms with E-state index < -0.39 is 35.2 Å². The quantitative estimate of drug-likeness (QED) is 0.304. The van der Waals surface area contributed by atoms with Gasteiger partial charge in [-0.25, -0.2) is 9.59 Å². The minimum atomic E-state index is -1.16. The van der Waals surface area contributed by atoms with Crippen molar-refractivity contribution in [2.75, 3.05) is 7.11 Å². The van der Waals surface area contributed by atoms with Gasteiger partial charge in [0.15, 0.2) is 5.78 Å². The molecule has 1 aromatic heterocycles. The van der Waals surface area contributed by atoms with Gasteiger partial charge in [0.1, 0.15) is 18.1 Å². The molecule has 0 saturated carbocycles. The lowest BCUT2D eigenvalue weighted by Gasteiger charge is -2.10. The van der Waals surface area contributed by atoms with Crippen molar-refractivity contribution < 1.29 is 38.3 Å². The van der Waals surface area contributed by atoms with Crippen LogP contribution in [-0.2, 0) is 23.1 Å². The summed E-state index contributed by atoms with van der Waals surface area (Å²) in [7, 11) is 2.57. The Labute approximate surface area is 175 Å². The van der Waals surface area contributed by atoms with Crippen molar-refractivity contribution in [2.24, 2.45) is 7.05 Å². The molecule has 0 N–H and O–H groups in total. The predicted octanol–water partition coefficient (Wildman–Crippen LogP) is 2.76. The van der Waals surface area contributed by atoms with Gasteiger partial charge in [0.2, 0.25) is 5.78 Å². The second-order valence-corrected chi connectivity index (χ2v) is 6.51. The highest BCUT2D eigenvalue weighted by Crippen LogP contribution is 2.30. The summed E-state index contributed by atoms with van der Waals surface area (Å²) < 4.78 is 16.0. The minimum absolute atomic E-state index is 0.000136. The maximum Gasteiger partial charge on any atom is 0.514 e. The molecule has 0 unspecified atom stereocenters. The number of nitro benzene ring substituents is 1. The molecule has 1 aliphatic carbocycles. The highest BCUT2D eigenvalue weighted by atomic mass is 16.7. The van der Waals surface area contributed by atoms with Gasteiger partial charge >= 0.3 is 12.1 Å². The molecule has 0 fully saturated rings. The summed E-state index contributed by atoms with van der Waals surface area (Å²) in [5.74, 6) is -1.85. The number of methoxy groups -OCH3 is 1. The number of fused-ring (bicyclic) bond motifs is 1. The van der Waals surface area contributed by atoms with Crippen LogP contribution in [0.1, 0.15) is 43.8 Å². The van der Waals surface area contributed by atoms with Gasteiger partial charge in [-0.3, -0.25) is 19.7 Å². The topological polar surface area (TPSA) is 144 Å². The highest BCUT2D eigenvalue weighted by Gasteiger charge is 2.36. The van der Waals surface area contributed by atoms with Gasteiger partial charge in [0, 0.05) is 24.8 Å². The molecule has 0 bridgehead atoms. The molecule has 0 spiro atoms. The van der Waals surface area contributed by atoms with Crippen LogP contribution in [-0.4, -0.2) is 40.3 Å². The standard InChI is InChI=1S/C20H16N2O9/c1-10-8-14(23)17-16(18(10)24)15(19(25)29-3)13(21(17)2)9-30-20(26)31-12-6-4-11(5-7-12)22(27)28/h4-8H,9H2,1-3H3. The van der Waals surface area contributed by atoms with E-state index in [9.17, 15) is 29.3 Å². The molecule has 0 aliphatic heterocycles. The maximum absolute atomic E-state index is 12.6. The van der Waals surface area contributed by atoms with E-state index >= 15 is 0 Å². The average Bonchev–Trinajstić information content (AvgIpc) is 3.03. The molecule has 0 saturated heterocycles. The second kappa shape index (κ2) is 8.22. The van der Waals surface area contributed by atoms with Gasteiger partial charge < -0.3 is 18.8 Å². The first-order valence-corrected chi connectivity index (χ1v) is 8.82. The Morgan fingerprint density at radius 1 is 1.16 bits per heavy atom. The van der Waals surface area contributed by atoms with Crippen molar-refractivity contribution >= 4 is 29.4 Å². The van der Waals surface area contributed by atoms with Gasteiger partial charge in [-0.1, -0.05) is 0 Å². The molecule has 0 amide bonds. The smallest absolute Gasteiger partial charge is 0.465 e. The molecule has 0 radical (unpaired) electrons. The first-order chi connectivity index (χ1) is 14.6. The Hall–Kier alpha value is -4.28.